The number of hydrogen-bond donors (Lipinski definition) is 3. The van der Waals surface area contributed by atoms with Gasteiger partial charge in [0.15, 0.2) is 17.6 Å². The van der Waals surface area contributed by atoms with E-state index < -0.39 is 36.7 Å². The van der Waals surface area contributed by atoms with Crippen molar-refractivity contribution in [2.45, 2.75) is 117 Å². The lowest BCUT2D eigenvalue weighted by molar-refractivity contribution is -0.272. The molecule has 5 unspecified atom stereocenters. The van der Waals surface area contributed by atoms with Crippen LogP contribution in [0.15, 0.2) is 17.7 Å². The molecule has 8 atom stereocenters. The Bertz CT molecular complexity index is 936. The summed E-state index contributed by atoms with van der Waals surface area (Å²) in [7, 11) is 0. The van der Waals surface area contributed by atoms with Crippen LogP contribution >= 0.6 is 0 Å². The predicted octanol–water partition coefficient (Wildman–Crippen LogP) is 4.84. The highest BCUT2D eigenvalue weighted by Gasteiger charge is 2.46. The van der Waals surface area contributed by atoms with Crippen molar-refractivity contribution in [2.75, 3.05) is 0 Å². The van der Waals surface area contributed by atoms with Crippen molar-refractivity contribution in [3.8, 4) is 11.5 Å². The molecule has 1 aliphatic carbocycles. The molecule has 1 aromatic carbocycles. The summed E-state index contributed by atoms with van der Waals surface area (Å²) in [5.74, 6) is 0.757. The third-order valence-corrected chi connectivity index (χ3v) is 7.49. The van der Waals surface area contributed by atoms with Crippen LogP contribution in [0, 0.1) is 12.8 Å². The standard InChI is InChI=1S/C28H42O7/c1-14(2)9-8-10-15(3)20-12-11-16(4)22-21(20)13-17(5)26(23(22)30)35-28-25(32)24(31)27(18(6)33-28)34-19(7)29/h9,13,15-16,18,20,24-25,27-28,30-32H,8,10-12H2,1-7H3/t15-,16-,18?,20+,24?,25?,27?,28?/m0/s1. The molecule has 1 aliphatic heterocycles. The fourth-order valence-corrected chi connectivity index (χ4v) is 5.53. The Hall–Kier alpha value is -2.09. The minimum absolute atomic E-state index is 0.0775. The molecule has 0 aromatic heterocycles. The monoisotopic (exact) mass is 490 g/mol. The van der Waals surface area contributed by atoms with E-state index in [4.69, 9.17) is 14.2 Å². The minimum Gasteiger partial charge on any atom is -0.504 e. The number of phenolic OH excluding ortho intramolecular Hbond substituents is 1. The second-order valence-corrected chi connectivity index (χ2v) is 10.7. The maximum absolute atomic E-state index is 11.4. The molecule has 1 heterocycles. The molecule has 0 spiro atoms. The van der Waals surface area contributed by atoms with Gasteiger partial charge in [0.25, 0.3) is 0 Å². The summed E-state index contributed by atoms with van der Waals surface area (Å²) in [5.41, 5.74) is 4.14. The van der Waals surface area contributed by atoms with Crippen LogP contribution in [0.5, 0.6) is 11.5 Å². The number of esters is 1. The Balaban J connectivity index is 1.86. The van der Waals surface area contributed by atoms with Gasteiger partial charge in [-0.25, -0.2) is 0 Å². The third-order valence-electron chi connectivity index (χ3n) is 7.49. The topological polar surface area (TPSA) is 105 Å². The molecule has 35 heavy (non-hydrogen) atoms. The Morgan fingerprint density at radius 3 is 2.51 bits per heavy atom. The first-order chi connectivity index (χ1) is 16.4. The fourth-order valence-electron chi connectivity index (χ4n) is 5.53. The normalized spacial score (nSPS) is 31.3. The highest BCUT2D eigenvalue weighted by Crippen LogP contribution is 2.51. The van der Waals surface area contributed by atoms with Crippen molar-refractivity contribution in [3.05, 3.63) is 34.4 Å². The maximum Gasteiger partial charge on any atom is 0.303 e. The molecule has 1 saturated heterocycles. The van der Waals surface area contributed by atoms with Gasteiger partial charge in [-0.05, 0) is 82.3 Å². The molecule has 196 valence electrons. The second-order valence-electron chi connectivity index (χ2n) is 10.7. The number of aromatic hydroxyl groups is 1. The van der Waals surface area contributed by atoms with Gasteiger partial charge >= 0.3 is 5.97 Å². The van der Waals surface area contributed by atoms with E-state index >= 15 is 0 Å². The van der Waals surface area contributed by atoms with Gasteiger partial charge in [0.1, 0.15) is 12.2 Å². The molecule has 0 amide bonds. The van der Waals surface area contributed by atoms with E-state index in [0.717, 1.165) is 36.8 Å². The average Bonchev–Trinajstić information content (AvgIpc) is 2.76. The van der Waals surface area contributed by atoms with Gasteiger partial charge in [-0.15, -0.1) is 0 Å². The summed E-state index contributed by atoms with van der Waals surface area (Å²) < 4.78 is 16.9. The lowest BCUT2D eigenvalue weighted by Crippen LogP contribution is -2.59. The number of aryl methyl sites for hydroxylation is 1. The molecule has 0 radical (unpaired) electrons. The molecule has 1 aromatic rings. The van der Waals surface area contributed by atoms with Crippen LogP contribution in [0.3, 0.4) is 0 Å². The number of benzene rings is 1. The van der Waals surface area contributed by atoms with Gasteiger partial charge in [0, 0.05) is 12.5 Å². The summed E-state index contributed by atoms with van der Waals surface area (Å²) in [6.45, 7) is 13.4. The van der Waals surface area contributed by atoms with Gasteiger partial charge in [0.2, 0.25) is 6.29 Å². The fraction of sp³-hybridized carbons (Fsp3) is 0.679. The summed E-state index contributed by atoms with van der Waals surface area (Å²) in [6.07, 6.45) is 0.709. The number of allylic oxidation sites excluding steroid dienone is 2. The summed E-state index contributed by atoms with van der Waals surface area (Å²) in [6, 6.07) is 2.10. The van der Waals surface area contributed by atoms with Crippen LogP contribution in [0.4, 0.5) is 0 Å². The van der Waals surface area contributed by atoms with Crippen LogP contribution in [-0.2, 0) is 14.3 Å². The van der Waals surface area contributed by atoms with Crippen LogP contribution in [0.1, 0.15) is 95.8 Å². The predicted molar refractivity (Wildman–Crippen MR) is 134 cm³/mol. The number of ether oxygens (including phenoxy) is 3. The van der Waals surface area contributed by atoms with Crippen molar-refractivity contribution in [2.24, 2.45) is 5.92 Å². The Kier molecular flexibility index (Phi) is 8.89. The molecule has 1 fully saturated rings. The molecule has 3 N–H and O–H groups in total. The number of aliphatic hydroxyl groups is 2. The lowest BCUT2D eigenvalue weighted by atomic mass is 9.70. The Morgan fingerprint density at radius 1 is 1.20 bits per heavy atom. The molecule has 0 saturated carbocycles. The van der Waals surface area contributed by atoms with E-state index in [1.807, 2.05) is 6.92 Å². The van der Waals surface area contributed by atoms with Crippen molar-refractivity contribution < 1.29 is 34.3 Å². The Labute approximate surface area is 209 Å². The first-order valence-corrected chi connectivity index (χ1v) is 12.8. The minimum atomic E-state index is -1.45. The van der Waals surface area contributed by atoms with E-state index in [1.165, 1.54) is 18.1 Å². The van der Waals surface area contributed by atoms with Crippen molar-refractivity contribution in [1.82, 2.24) is 0 Å². The van der Waals surface area contributed by atoms with Crippen LogP contribution in [0.2, 0.25) is 0 Å². The zero-order chi connectivity index (χ0) is 26.0. The van der Waals surface area contributed by atoms with Gasteiger partial charge in [-0.3, -0.25) is 4.79 Å². The number of aliphatic hydroxyl groups excluding tert-OH is 2. The summed E-state index contributed by atoms with van der Waals surface area (Å²) >= 11 is 0. The summed E-state index contributed by atoms with van der Waals surface area (Å²) in [5, 5.41) is 32.5. The molecule has 2 aliphatic rings. The maximum atomic E-state index is 11.4. The lowest BCUT2D eigenvalue weighted by Gasteiger charge is -2.41. The smallest absolute Gasteiger partial charge is 0.303 e. The number of carbonyl (C=O) groups excluding carboxylic acids is 1. The molecular formula is C28H42O7. The zero-order valence-corrected chi connectivity index (χ0v) is 22.1. The van der Waals surface area contributed by atoms with E-state index in [0.29, 0.717) is 11.8 Å². The van der Waals surface area contributed by atoms with Crippen LogP contribution in [0.25, 0.3) is 0 Å². The zero-order valence-electron chi connectivity index (χ0n) is 22.1. The molecule has 7 nitrogen and oxygen atoms in total. The van der Waals surface area contributed by atoms with Crippen molar-refractivity contribution in [3.63, 3.8) is 0 Å². The Morgan fingerprint density at radius 2 is 1.89 bits per heavy atom. The van der Waals surface area contributed by atoms with E-state index in [1.54, 1.807) is 6.92 Å². The molecule has 7 heteroatoms. The summed E-state index contributed by atoms with van der Waals surface area (Å²) in [4.78, 5) is 11.4. The number of rotatable bonds is 7. The molecular weight excluding hydrogens is 448 g/mol. The van der Waals surface area contributed by atoms with E-state index in [-0.39, 0.29) is 17.4 Å². The highest BCUT2D eigenvalue weighted by molar-refractivity contribution is 5.66. The van der Waals surface area contributed by atoms with Gasteiger partial charge in [0.05, 0.1) is 6.10 Å². The van der Waals surface area contributed by atoms with Gasteiger partial charge in [-0.1, -0.05) is 31.6 Å². The van der Waals surface area contributed by atoms with E-state index in [2.05, 4.69) is 39.8 Å². The first kappa shape index (κ1) is 27.5. The number of hydrogen-bond acceptors (Lipinski definition) is 7. The van der Waals surface area contributed by atoms with Crippen molar-refractivity contribution in [1.29, 1.82) is 0 Å². The number of phenols is 1. The second kappa shape index (κ2) is 11.3. The largest absolute Gasteiger partial charge is 0.504 e. The van der Waals surface area contributed by atoms with Gasteiger partial charge in [-0.2, -0.15) is 0 Å². The van der Waals surface area contributed by atoms with Crippen LogP contribution in [-0.4, -0.2) is 52.0 Å². The van der Waals surface area contributed by atoms with Crippen molar-refractivity contribution >= 4 is 5.97 Å². The SMILES string of the molecule is CC(=O)OC1C(C)OC(Oc2c(C)cc3c(c2O)[C@@H](C)CC[C@@H]3[C@@H](C)CCC=C(C)C)C(O)C1O. The first-order valence-electron chi connectivity index (χ1n) is 12.8. The average molecular weight is 491 g/mol. The molecule has 3 rings (SSSR count). The van der Waals surface area contributed by atoms with E-state index in [9.17, 15) is 20.1 Å². The third kappa shape index (κ3) is 6.01. The molecule has 0 bridgehead atoms. The quantitative estimate of drug-likeness (QED) is 0.371. The highest BCUT2D eigenvalue weighted by atomic mass is 16.7. The number of carbonyl (C=O) groups is 1. The van der Waals surface area contributed by atoms with Gasteiger partial charge < -0.3 is 29.5 Å². The number of fused-ring (bicyclic) bond motifs is 1. The van der Waals surface area contributed by atoms with Crippen LogP contribution < -0.4 is 4.74 Å².